The lowest BCUT2D eigenvalue weighted by molar-refractivity contribution is 0.0694. The van der Waals surface area contributed by atoms with Crippen LogP contribution >= 0.6 is 0 Å². The molecule has 0 atom stereocenters. The Morgan fingerprint density at radius 3 is 2.07 bits per heavy atom. The van der Waals surface area contributed by atoms with Crippen LogP contribution in [-0.2, 0) is 34.5 Å². The highest BCUT2D eigenvalue weighted by Gasteiger charge is 2.18. The molecule has 42 heavy (non-hydrogen) atoms. The highest BCUT2D eigenvalue weighted by atomic mass is 32.3. The van der Waals surface area contributed by atoms with Crippen molar-refractivity contribution in [2.24, 2.45) is 10.2 Å². The molecule has 0 unspecified atom stereocenters. The van der Waals surface area contributed by atoms with E-state index in [4.69, 9.17) is 4.55 Å². The van der Waals surface area contributed by atoms with E-state index in [1.54, 1.807) is 0 Å². The zero-order valence-corrected chi connectivity index (χ0v) is 23.5. The van der Waals surface area contributed by atoms with Gasteiger partial charge in [-0.3, -0.25) is 29.5 Å². The minimum atomic E-state index is -4.83. The van der Waals surface area contributed by atoms with Crippen LogP contribution in [0.4, 0.5) is 11.4 Å². The first-order chi connectivity index (χ1) is 19.4. The molecule has 0 spiro atoms. The number of benzene rings is 3. The van der Waals surface area contributed by atoms with Gasteiger partial charge in [0, 0.05) is 6.07 Å². The fourth-order valence-corrected chi connectivity index (χ4v) is 5.48. The number of hydrogen-bond donors (Lipinski definition) is 5. The van der Waals surface area contributed by atoms with E-state index in [1.165, 1.54) is 31.2 Å². The molecule has 0 saturated heterocycles. The lowest BCUT2D eigenvalue weighted by Gasteiger charge is -2.07. The molecule has 0 bridgehead atoms. The summed E-state index contributed by atoms with van der Waals surface area (Å²) in [5.74, 6) is -2.49. The Labute approximate surface area is 236 Å². The van der Waals surface area contributed by atoms with Crippen LogP contribution in [0.2, 0.25) is 0 Å². The molecular formula is C22H20N4O13S3. The number of carboxylic acid groups (broad SMARTS) is 1. The number of aryl methyl sites for hydroxylation is 1. The molecule has 0 aliphatic carbocycles. The van der Waals surface area contributed by atoms with Gasteiger partial charge in [-0.25, -0.2) is 17.4 Å². The van der Waals surface area contributed by atoms with E-state index in [-0.39, 0.29) is 16.3 Å². The highest BCUT2D eigenvalue weighted by molar-refractivity contribution is 7.91. The van der Waals surface area contributed by atoms with Crippen molar-refractivity contribution in [2.75, 3.05) is 23.2 Å². The minimum Gasteiger partial charge on any atom is -0.478 e. The van der Waals surface area contributed by atoms with Crippen LogP contribution < -0.4 is 32.4 Å². The van der Waals surface area contributed by atoms with Gasteiger partial charge in [-0.15, -0.1) is 0 Å². The van der Waals surface area contributed by atoms with Gasteiger partial charge in [0.25, 0.3) is 10.1 Å². The maximum atomic E-state index is 13.0. The molecule has 3 aromatic carbocycles. The molecule has 224 valence electrons. The third-order valence-electron chi connectivity index (χ3n) is 5.22. The van der Waals surface area contributed by atoms with Gasteiger partial charge in [-0.2, -0.15) is 27.0 Å². The molecule has 0 heterocycles. The number of aromatic carboxylic acids is 1. The first kappa shape index (κ1) is 32.2. The molecule has 0 fully saturated rings. The molecule has 0 radical (unpaired) electrons. The van der Waals surface area contributed by atoms with Crippen molar-refractivity contribution in [3.63, 3.8) is 0 Å². The zero-order valence-electron chi connectivity index (χ0n) is 21.1. The summed E-state index contributed by atoms with van der Waals surface area (Å²) in [4.78, 5) is 36.3. The van der Waals surface area contributed by atoms with E-state index in [0.29, 0.717) is 11.6 Å². The van der Waals surface area contributed by atoms with Crippen LogP contribution in [0.15, 0.2) is 78.1 Å². The van der Waals surface area contributed by atoms with Crippen molar-refractivity contribution >= 4 is 47.7 Å². The minimum absolute atomic E-state index is 0.0679. The number of carboxylic acids is 1. The molecular weight excluding hydrogens is 624 g/mol. The summed E-state index contributed by atoms with van der Waals surface area (Å²) in [6, 6.07) is 8.84. The molecule has 17 nitrogen and oxygen atoms in total. The maximum absolute atomic E-state index is 13.0. The van der Waals surface area contributed by atoms with E-state index in [2.05, 4.69) is 25.2 Å². The van der Waals surface area contributed by atoms with Gasteiger partial charge < -0.3 is 5.11 Å². The second-order valence-corrected chi connectivity index (χ2v) is 12.9. The Bertz CT molecular complexity index is 2100. The zero-order chi connectivity index (χ0) is 31.5. The Kier molecular flexibility index (Phi) is 9.39. The van der Waals surface area contributed by atoms with E-state index in [9.17, 15) is 49.3 Å². The van der Waals surface area contributed by atoms with Gasteiger partial charge in [0.15, 0.2) is 15.2 Å². The molecule has 3 aromatic rings. The molecule has 0 aliphatic rings. The number of nitrogens with zero attached hydrogens (tertiary/aromatic N) is 2. The summed E-state index contributed by atoms with van der Waals surface area (Å²) in [6.45, 7) is 0.696. The van der Waals surface area contributed by atoms with Gasteiger partial charge in [0.2, 0.25) is 10.9 Å². The van der Waals surface area contributed by atoms with Crippen molar-refractivity contribution in [3.05, 3.63) is 90.8 Å². The molecule has 0 aromatic heterocycles. The second kappa shape index (κ2) is 12.3. The third kappa shape index (κ3) is 8.11. The standard InChI is InChI=1S/C22H20N4O13S3/c1-12-2-7-16(18(10-12)41(33,34)35)24-25-19-15(22(29)30)11-17(27)20(21(19)28)26-23-13-3-5-14(6-4-13)40(31,32)9-8-39-42(36,37)38/h2-7,10-11,23-24H,8-9H2,1H3,(H,29,30)(H,33,34,35)(H,36,37,38). The number of anilines is 2. The largest absolute Gasteiger partial charge is 0.478 e. The first-order valence-electron chi connectivity index (χ1n) is 11.1. The van der Waals surface area contributed by atoms with Gasteiger partial charge in [0.1, 0.15) is 10.3 Å². The molecule has 5 N–H and O–H groups in total. The molecule has 0 saturated carbocycles. The van der Waals surface area contributed by atoms with Gasteiger partial charge >= 0.3 is 16.4 Å². The van der Waals surface area contributed by atoms with Crippen LogP contribution in [0.1, 0.15) is 15.9 Å². The predicted octanol–water partition coefficient (Wildman–Crippen LogP) is -1.02. The van der Waals surface area contributed by atoms with E-state index in [1.807, 2.05) is 0 Å². The molecule has 0 amide bonds. The monoisotopic (exact) mass is 644 g/mol. The Balaban J connectivity index is 1.98. The van der Waals surface area contributed by atoms with Gasteiger partial charge in [-0.1, -0.05) is 6.07 Å². The SMILES string of the molecule is Cc1ccc(NN=c2c(C(=O)O)cc(=O)c(=NNc3ccc(S(=O)(=O)CCOS(=O)(=O)O)cc3)c2=O)c(S(=O)(=O)O)c1. The van der Waals surface area contributed by atoms with Crippen molar-refractivity contribution < 1.29 is 48.4 Å². The van der Waals surface area contributed by atoms with Crippen LogP contribution in [0, 0.1) is 6.92 Å². The quantitative estimate of drug-likeness (QED) is 0.123. The number of rotatable bonds is 11. The number of carbonyl (C=O) groups is 1. The average Bonchev–Trinajstić information content (AvgIpc) is 2.87. The average molecular weight is 645 g/mol. The fraction of sp³-hybridized carbons (Fsp3) is 0.136. The predicted molar refractivity (Wildman–Crippen MR) is 144 cm³/mol. The smallest absolute Gasteiger partial charge is 0.397 e. The molecule has 0 aliphatic heterocycles. The van der Waals surface area contributed by atoms with E-state index in [0.717, 1.165) is 18.2 Å². The van der Waals surface area contributed by atoms with Crippen LogP contribution in [0.3, 0.4) is 0 Å². The van der Waals surface area contributed by atoms with Crippen LogP contribution in [-0.4, -0.2) is 57.8 Å². The number of hydrogen-bond acceptors (Lipinski definition) is 14. The molecule has 20 heteroatoms. The Hall–Kier alpha value is -4.34. The summed E-state index contributed by atoms with van der Waals surface area (Å²) in [6.07, 6.45) is 0. The number of sulfone groups is 1. The first-order valence-corrected chi connectivity index (χ1v) is 15.6. The fourth-order valence-electron chi connectivity index (χ4n) is 3.27. The van der Waals surface area contributed by atoms with Crippen molar-refractivity contribution in [2.45, 2.75) is 16.7 Å². The lowest BCUT2D eigenvalue weighted by Crippen LogP contribution is -2.50. The van der Waals surface area contributed by atoms with Gasteiger partial charge in [-0.05, 0) is 48.9 Å². The van der Waals surface area contributed by atoms with Crippen LogP contribution in [0.5, 0.6) is 0 Å². The third-order valence-corrected chi connectivity index (χ3v) is 8.27. The topological polar surface area (TPSA) is 272 Å². The summed E-state index contributed by atoms with van der Waals surface area (Å²) in [7, 11) is -13.6. The maximum Gasteiger partial charge on any atom is 0.397 e. The molecule has 3 rings (SSSR count). The summed E-state index contributed by atoms with van der Waals surface area (Å²) in [5.41, 5.74) is 1.55. The lowest BCUT2D eigenvalue weighted by atomic mass is 10.2. The van der Waals surface area contributed by atoms with Crippen molar-refractivity contribution in [1.82, 2.24) is 0 Å². The highest BCUT2D eigenvalue weighted by Crippen LogP contribution is 2.22. The van der Waals surface area contributed by atoms with Crippen LogP contribution in [0.25, 0.3) is 0 Å². The van der Waals surface area contributed by atoms with E-state index < -0.39 is 80.7 Å². The normalized spacial score (nSPS) is 13.2. The van der Waals surface area contributed by atoms with Crippen molar-refractivity contribution in [3.8, 4) is 0 Å². The van der Waals surface area contributed by atoms with E-state index >= 15 is 0 Å². The summed E-state index contributed by atoms with van der Waals surface area (Å²) < 4.78 is 91.2. The summed E-state index contributed by atoms with van der Waals surface area (Å²) in [5, 5.41) is 15.2. The second-order valence-electron chi connectivity index (χ2n) is 8.27. The Morgan fingerprint density at radius 1 is 0.881 bits per heavy atom. The van der Waals surface area contributed by atoms with Gasteiger partial charge in [0.05, 0.1) is 34.2 Å². The number of nitrogens with one attached hydrogen (secondary N) is 2. The Morgan fingerprint density at radius 2 is 1.50 bits per heavy atom. The summed E-state index contributed by atoms with van der Waals surface area (Å²) >= 11 is 0. The van der Waals surface area contributed by atoms with Crippen molar-refractivity contribution in [1.29, 1.82) is 0 Å².